The molecule has 0 bridgehead atoms. The van der Waals surface area contributed by atoms with Crippen LogP contribution < -0.4 is 4.90 Å². The summed E-state index contributed by atoms with van der Waals surface area (Å²) in [5.74, 6) is 0.0813. The van der Waals surface area contributed by atoms with Crippen LogP contribution in [0.15, 0.2) is 29.2 Å². The minimum atomic E-state index is -3.45. The van der Waals surface area contributed by atoms with Crippen LogP contribution in [0.4, 0.5) is 0 Å². The first kappa shape index (κ1) is 19.9. The van der Waals surface area contributed by atoms with Gasteiger partial charge >= 0.3 is 0 Å². The molecule has 1 aliphatic rings. The summed E-state index contributed by atoms with van der Waals surface area (Å²) in [5.41, 5.74) is 1.16. The fraction of sp³-hybridized carbons (Fsp3) is 0.611. The quantitative estimate of drug-likeness (QED) is 0.769. The van der Waals surface area contributed by atoms with E-state index < -0.39 is 10.0 Å². The monoisotopic (exact) mass is 368 g/mol. The fourth-order valence-electron chi connectivity index (χ4n) is 3.27. The first-order chi connectivity index (χ1) is 11.8. The third kappa shape index (κ3) is 4.59. The molecule has 0 aliphatic carbocycles. The molecule has 1 saturated heterocycles. The van der Waals surface area contributed by atoms with Gasteiger partial charge < -0.3 is 9.80 Å². The molecule has 0 radical (unpaired) electrons. The first-order valence-electron chi connectivity index (χ1n) is 8.92. The summed E-state index contributed by atoms with van der Waals surface area (Å²) >= 11 is 0. The van der Waals surface area contributed by atoms with Crippen molar-refractivity contribution in [2.24, 2.45) is 0 Å². The maximum atomic E-state index is 12.8. The molecule has 1 aromatic carbocycles. The van der Waals surface area contributed by atoms with Gasteiger partial charge in [-0.15, -0.1) is 0 Å². The average Bonchev–Trinajstić information content (AvgIpc) is 2.61. The number of quaternary nitrogens is 1. The van der Waals surface area contributed by atoms with E-state index in [9.17, 15) is 13.2 Å². The Hall–Kier alpha value is -1.44. The Morgan fingerprint density at radius 2 is 1.76 bits per heavy atom. The van der Waals surface area contributed by atoms with Gasteiger partial charge in [0.05, 0.1) is 31.1 Å². The standard InChI is InChI=1S/C18H29N3O3S/c1-5-6-16-7-9-17(10-8-16)25(23,24)21-13-11-20(12-14-21)15(2)18(22)19(3)4/h7-10,15H,5-6,11-14H2,1-4H3/p+1/t15-/m1/s1. The molecule has 0 unspecified atom stereocenters. The zero-order valence-electron chi connectivity index (χ0n) is 15.7. The molecular formula is C18H30N3O3S+. The van der Waals surface area contributed by atoms with Gasteiger partial charge in [0.25, 0.3) is 5.91 Å². The van der Waals surface area contributed by atoms with Crippen molar-refractivity contribution in [3.8, 4) is 0 Å². The number of piperazine rings is 1. The number of carbonyl (C=O) groups excluding carboxylic acids is 1. The van der Waals surface area contributed by atoms with Crippen LogP contribution in [0.5, 0.6) is 0 Å². The molecule has 1 heterocycles. The summed E-state index contributed by atoms with van der Waals surface area (Å²) in [6.45, 7) is 6.20. The van der Waals surface area contributed by atoms with E-state index >= 15 is 0 Å². The Morgan fingerprint density at radius 3 is 2.24 bits per heavy atom. The van der Waals surface area contributed by atoms with E-state index in [1.807, 2.05) is 19.1 Å². The summed E-state index contributed by atoms with van der Waals surface area (Å²) in [7, 11) is 0.0476. The molecule has 140 valence electrons. The SMILES string of the molecule is CCCc1ccc(S(=O)(=O)N2CC[NH+]([C@H](C)C(=O)N(C)C)CC2)cc1. The summed E-state index contributed by atoms with van der Waals surface area (Å²) in [6, 6.07) is 7.06. The van der Waals surface area contributed by atoms with Crippen molar-refractivity contribution in [2.75, 3.05) is 40.3 Å². The van der Waals surface area contributed by atoms with Crippen LogP contribution in [0.3, 0.4) is 0 Å². The number of hydrogen-bond donors (Lipinski definition) is 1. The van der Waals surface area contributed by atoms with Crippen molar-refractivity contribution in [1.29, 1.82) is 0 Å². The van der Waals surface area contributed by atoms with E-state index in [2.05, 4.69) is 6.92 Å². The Labute approximate surface area is 151 Å². The predicted molar refractivity (Wildman–Crippen MR) is 98.0 cm³/mol. The lowest BCUT2D eigenvalue weighted by Crippen LogP contribution is -3.19. The van der Waals surface area contributed by atoms with Crippen LogP contribution in [0, 0.1) is 0 Å². The number of sulfonamides is 1. The fourth-order valence-corrected chi connectivity index (χ4v) is 4.72. The van der Waals surface area contributed by atoms with Crippen molar-refractivity contribution in [3.63, 3.8) is 0 Å². The van der Waals surface area contributed by atoms with E-state index in [-0.39, 0.29) is 11.9 Å². The van der Waals surface area contributed by atoms with Gasteiger partial charge in [0, 0.05) is 14.1 Å². The maximum Gasteiger partial charge on any atom is 0.280 e. The largest absolute Gasteiger partial charge is 0.344 e. The number of carbonyl (C=O) groups is 1. The Morgan fingerprint density at radius 1 is 1.20 bits per heavy atom. The highest BCUT2D eigenvalue weighted by Gasteiger charge is 2.34. The van der Waals surface area contributed by atoms with Crippen LogP contribution in [-0.2, 0) is 21.2 Å². The van der Waals surface area contributed by atoms with Crippen LogP contribution in [0.25, 0.3) is 0 Å². The number of hydrogen-bond acceptors (Lipinski definition) is 3. The molecular weight excluding hydrogens is 338 g/mol. The van der Waals surface area contributed by atoms with E-state index in [0.29, 0.717) is 31.1 Å². The van der Waals surface area contributed by atoms with Gasteiger partial charge in [-0.1, -0.05) is 25.5 Å². The van der Waals surface area contributed by atoms with Crippen LogP contribution in [0.1, 0.15) is 25.8 Å². The normalized spacial score (nSPS) is 18.1. The van der Waals surface area contributed by atoms with E-state index in [1.54, 1.807) is 31.1 Å². The molecule has 1 amide bonds. The molecule has 0 spiro atoms. The van der Waals surface area contributed by atoms with E-state index in [1.165, 1.54) is 4.31 Å². The third-order valence-corrected chi connectivity index (χ3v) is 6.80. The summed E-state index contributed by atoms with van der Waals surface area (Å²) in [5, 5.41) is 0. The number of likely N-dealkylation sites (N-methyl/N-ethyl adjacent to an activating group) is 1. The Bertz CT molecular complexity index is 678. The zero-order chi connectivity index (χ0) is 18.6. The zero-order valence-corrected chi connectivity index (χ0v) is 16.5. The number of benzene rings is 1. The van der Waals surface area contributed by atoms with Gasteiger partial charge in [-0.25, -0.2) is 8.42 Å². The molecule has 1 atom stereocenters. The van der Waals surface area contributed by atoms with Crippen molar-refractivity contribution < 1.29 is 18.1 Å². The number of nitrogens with zero attached hydrogens (tertiary/aromatic N) is 2. The van der Waals surface area contributed by atoms with Gasteiger partial charge in [-0.2, -0.15) is 4.31 Å². The van der Waals surface area contributed by atoms with Crippen LogP contribution in [0.2, 0.25) is 0 Å². The van der Waals surface area contributed by atoms with Gasteiger partial charge in [-0.3, -0.25) is 4.79 Å². The molecule has 1 N–H and O–H groups in total. The average molecular weight is 369 g/mol. The molecule has 1 fully saturated rings. The number of amides is 1. The van der Waals surface area contributed by atoms with Crippen molar-refractivity contribution >= 4 is 15.9 Å². The highest BCUT2D eigenvalue weighted by atomic mass is 32.2. The van der Waals surface area contributed by atoms with Gasteiger partial charge in [0.15, 0.2) is 6.04 Å². The Balaban J connectivity index is 2.02. The molecule has 1 aromatic rings. The highest BCUT2D eigenvalue weighted by Crippen LogP contribution is 2.17. The van der Waals surface area contributed by atoms with E-state index in [0.717, 1.165) is 23.3 Å². The number of aryl methyl sites for hydroxylation is 1. The summed E-state index contributed by atoms with van der Waals surface area (Å²) in [4.78, 5) is 15.2. The lowest BCUT2D eigenvalue weighted by Gasteiger charge is -2.34. The molecule has 7 heteroatoms. The number of rotatable bonds is 6. The molecule has 0 saturated carbocycles. The highest BCUT2D eigenvalue weighted by molar-refractivity contribution is 7.89. The summed E-state index contributed by atoms with van der Waals surface area (Å²) < 4.78 is 27.2. The number of nitrogens with one attached hydrogen (secondary N) is 1. The maximum absolute atomic E-state index is 12.8. The van der Waals surface area contributed by atoms with Crippen LogP contribution in [-0.4, -0.2) is 69.8 Å². The molecule has 6 nitrogen and oxygen atoms in total. The topological polar surface area (TPSA) is 62.1 Å². The van der Waals surface area contributed by atoms with Gasteiger partial charge in [0.1, 0.15) is 0 Å². The predicted octanol–water partition coefficient (Wildman–Crippen LogP) is 0.00500. The second-order valence-corrected chi connectivity index (χ2v) is 8.85. The van der Waals surface area contributed by atoms with Crippen molar-refractivity contribution in [1.82, 2.24) is 9.21 Å². The van der Waals surface area contributed by atoms with E-state index in [4.69, 9.17) is 0 Å². The Kier molecular flexibility index (Phi) is 6.59. The minimum absolute atomic E-state index is 0.0813. The lowest BCUT2D eigenvalue weighted by atomic mass is 10.1. The van der Waals surface area contributed by atoms with Gasteiger partial charge in [0.2, 0.25) is 10.0 Å². The first-order valence-corrected chi connectivity index (χ1v) is 10.4. The molecule has 1 aliphatic heterocycles. The van der Waals surface area contributed by atoms with Gasteiger partial charge in [-0.05, 0) is 31.0 Å². The molecule has 2 rings (SSSR count). The van der Waals surface area contributed by atoms with Crippen molar-refractivity contribution in [3.05, 3.63) is 29.8 Å². The molecule has 0 aromatic heterocycles. The van der Waals surface area contributed by atoms with Crippen molar-refractivity contribution in [2.45, 2.75) is 37.6 Å². The minimum Gasteiger partial charge on any atom is -0.344 e. The lowest BCUT2D eigenvalue weighted by molar-refractivity contribution is -0.917. The smallest absolute Gasteiger partial charge is 0.280 e. The second kappa shape index (κ2) is 8.29. The molecule has 25 heavy (non-hydrogen) atoms. The second-order valence-electron chi connectivity index (χ2n) is 6.91. The third-order valence-electron chi connectivity index (χ3n) is 4.89. The summed E-state index contributed by atoms with van der Waals surface area (Å²) in [6.07, 6.45) is 2.00. The van der Waals surface area contributed by atoms with Crippen LogP contribution >= 0.6 is 0 Å².